The quantitative estimate of drug-likeness (QED) is 0.131. The number of para-hydroxylation sites is 1. The van der Waals surface area contributed by atoms with Crippen LogP contribution < -0.4 is 20.1 Å². The zero-order valence-electron chi connectivity index (χ0n) is 19.4. The zero-order valence-corrected chi connectivity index (χ0v) is 21.7. The summed E-state index contributed by atoms with van der Waals surface area (Å²) in [5, 5.41) is 16.3. The summed E-state index contributed by atoms with van der Waals surface area (Å²) in [4.78, 5) is 8.99. The first kappa shape index (κ1) is 27.4. The number of pyridine rings is 1. The molecule has 7 nitrogen and oxygen atoms in total. The Hall–Kier alpha value is -2.85. The maximum atomic E-state index is 9.76. The monoisotopic (exact) mass is 576 g/mol. The van der Waals surface area contributed by atoms with Crippen molar-refractivity contribution in [2.24, 2.45) is 4.99 Å². The Kier molecular flexibility index (Phi) is 12.8. The lowest BCUT2D eigenvalue weighted by Gasteiger charge is -2.18. The van der Waals surface area contributed by atoms with Gasteiger partial charge in [-0.25, -0.2) is 9.98 Å². The highest BCUT2D eigenvalue weighted by atomic mass is 127. The molecule has 182 valence electrons. The number of aliphatic hydroxyl groups is 1. The number of halogens is 1. The summed E-state index contributed by atoms with van der Waals surface area (Å²) in [6.45, 7) is 4.77. The first-order valence-corrected chi connectivity index (χ1v) is 11.2. The predicted octanol–water partition coefficient (Wildman–Crippen LogP) is 3.99. The van der Waals surface area contributed by atoms with Gasteiger partial charge in [0.15, 0.2) is 5.96 Å². The number of guanidine groups is 1. The SMILES string of the molecule is CCNC(=NCc1ccc(OCCOc2ccccc2)nc1)NCC(CO)c1ccccc1.I. The molecule has 3 aromatic rings. The molecule has 0 bridgehead atoms. The average Bonchev–Trinajstić information content (AvgIpc) is 2.87. The van der Waals surface area contributed by atoms with Gasteiger partial charge < -0.3 is 25.2 Å². The van der Waals surface area contributed by atoms with Gasteiger partial charge in [0.2, 0.25) is 5.88 Å². The van der Waals surface area contributed by atoms with Gasteiger partial charge in [-0.05, 0) is 30.2 Å². The van der Waals surface area contributed by atoms with E-state index in [1.807, 2.05) is 79.7 Å². The van der Waals surface area contributed by atoms with Crippen LogP contribution in [0.1, 0.15) is 24.0 Å². The number of aromatic nitrogens is 1. The van der Waals surface area contributed by atoms with E-state index in [0.29, 0.717) is 38.1 Å². The Balaban J connectivity index is 0.00000408. The Bertz CT molecular complexity index is 957. The second-order valence-electron chi connectivity index (χ2n) is 7.38. The number of aliphatic imine (C=N–C) groups is 1. The molecule has 2 aromatic carbocycles. The number of aliphatic hydroxyl groups excluding tert-OH is 1. The number of ether oxygens (including phenoxy) is 2. The van der Waals surface area contributed by atoms with Gasteiger partial charge in [-0.1, -0.05) is 54.6 Å². The topological polar surface area (TPSA) is 88.0 Å². The van der Waals surface area contributed by atoms with Gasteiger partial charge in [-0.15, -0.1) is 24.0 Å². The molecule has 1 aromatic heterocycles. The van der Waals surface area contributed by atoms with Crippen LogP contribution in [0.25, 0.3) is 0 Å². The molecule has 1 atom stereocenters. The van der Waals surface area contributed by atoms with Crippen molar-refractivity contribution in [1.29, 1.82) is 0 Å². The first-order valence-electron chi connectivity index (χ1n) is 11.2. The molecule has 3 N–H and O–H groups in total. The van der Waals surface area contributed by atoms with E-state index >= 15 is 0 Å². The molecule has 0 amide bonds. The van der Waals surface area contributed by atoms with Crippen molar-refractivity contribution in [1.82, 2.24) is 15.6 Å². The summed E-state index contributed by atoms with van der Waals surface area (Å²) >= 11 is 0. The average molecular weight is 576 g/mol. The third-order valence-corrected chi connectivity index (χ3v) is 4.91. The van der Waals surface area contributed by atoms with Crippen LogP contribution in [0, 0.1) is 0 Å². The highest BCUT2D eigenvalue weighted by Gasteiger charge is 2.10. The summed E-state index contributed by atoms with van der Waals surface area (Å²) in [5.41, 5.74) is 2.07. The van der Waals surface area contributed by atoms with E-state index in [9.17, 15) is 5.11 Å². The molecule has 0 aliphatic heterocycles. The lowest BCUT2D eigenvalue weighted by molar-refractivity contribution is 0.212. The highest BCUT2D eigenvalue weighted by molar-refractivity contribution is 14.0. The Morgan fingerprint density at radius 1 is 0.941 bits per heavy atom. The number of hydrogen-bond donors (Lipinski definition) is 3. The third-order valence-electron chi connectivity index (χ3n) is 4.91. The van der Waals surface area contributed by atoms with E-state index in [4.69, 9.17) is 9.47 Å². The van der Waals surface area contributed by atoms with Crippen molar-refractivity contribution in [3.63, 3.8) is 0 Å². The van der Waals surface area contributed by atoms with E-state index in [1.165, 1.54) is 0 Å². The van der Waals surface area contributed by atoms with Crippen molar-refractivity contribution in [2.45, 2.75) is 19.4 Å². The Labute approximate surface area is 218 Å². The lowest BCUT2D eigenvalue weighted by atomic mass is 10.0. The number of hydrogen-bond acceptors (Lipinski definition) is 5. The standard InChI is InChI=1S/C26H32N4O3.HI/c1-2-27-26(30-19-23(20-31)22-9-5-3-6-10-22)29-18-21-13-14-25(28-17-21)33-16-15-32-24-11-7-4-8-12-24;/h3-14,17,23,31H,2,15-16,18-20H2,1H3,(H2,27,29,30);1H. The van der Waals surface area contributed by atoms with Crippen LogP contribution in [0.3, 0.4) is 0 Å². The molecule has 0 saturated carbocycles. The summed E-state index contributed by atoms with van der Waals surface area (Å²) in [6, 6.07) is 23.4. The van der Waals surface area contributed by atoms with E-state index in [1.54, 1.807) is 6.20 Å². The predicted molar refractivity (Wildman–Crippen MR) is 146 cm³/mol. The van der Waals surface area contributed by atoms with Crippen molar-refractivity contribution >= 4 is 29.9 Å². The summed E-state index contributed by atoms with van der Waals surface area (Å²) in [7, 11) is 0. The molecule has 8 heteroatoms. The minimum Gasteiger partial charge on any atom is -0.490 e. The van der Waals surface area contributed by atoms with Crippen molar-refractivity contribution in [3.05, 3.63) is 90.1 Å². The molecule has 0 aliphatic rings. The second kappa shape index (κ2) is 15.9. The van der Waals surface area contributed by atoms with Crippen LogP contribution in [0.5, 0.6) is 11.6 Å². The minimum atomic E-state index is -0.000902. The van der Waals surface area contributed by atoms with Crippen LogP contribution in [0.15, 0.2) is 84.0 Å². The van der Waals surface area contributed by atoms with Gasteiger partial charge in [0, 0.05) is 31.3 Å². The van der Waals surface area contributed by atoms with E-state index < -0.39 is 0 Å². The molecule has 0 fully saturated rings. The Morgan fingerprint density at radius 3 is 2.29 bits per heavy atom. The molecule has 3 rings (SSSR count). The van der Waals surface area contributed by atoms with Crippen molar-refractivity contribution in [2.75, 3.05) is 32.9 Å². The van der Waals surface area contributed by atoms with E-state index in [-0.39, 0.29) is 36.5 Å². The summed E-state index contributed by atoms with van der Waals surface area (Å²) in [5.74, 6) is 2.07. The number of nitrogens with zero attached hydrogens (tertiary/aromatic N) is 2. The molecule has 1 heterocycles. The largest absolute Gasteiger partial charge is 0.490 e. The fourth-order valence-electron chi connectivity index (χ4n) is 3.16. The number of rotatable bonds is 12. The van der Waals surface area contributed by atoms with Gasteiger partial charge in [0.1, 0.15) is 19.0 Å². The fourth-order valence-corrected chi connectivity index (χ4v) is 3.16. The van der Waals surface area contributed by atoms with Crippen molar-refractivity contribution in [3.8, 4) is 11.6 Å². The second-order valence-corrected chi connectivity index (χ2v) is 7.38. The van der Waals surface area contributed by atoms with Crippen LogP contribution in [0.2, 0.25) is 0 Å². The number of nitrogens with one attached hydrogen (secondary N) is 2. The lowest BCUT2D eigenvalue weighted by Crippen LogP contribution is -2.39. The first-order chi connectivity index (χ1) is 16.3. The van der Waals surface area contributed by atoms with Crippen LogP contribution in [-0.2, 0) is 6.54 Å². The maximum Gasteiger partial charge on any atom is 0.213 e. The molecule has 1 unspecified atom stereocenters. The third kappa shape index (κ3) is 9.56. The van der Waals surface area contributed by atoms with E-state index in [2.05, 4.69) is 20.6 Å². The normalized spacial score (nSPS) is 11.8. The highest BCUT2D eigenvalue weighted by Crippen LogP contribution is 2.14. The molecular formula is C26H33IN4O3. The van der Waals surface area contributed by atoms with Gasteiger partial charge in [0.25, 0.3) is 0 Å². The van der Waals surface area contributed by atoms with Crippen LogP contribution in [0.4, 0.5) is 0 Å². The minimum absolute atomic E-state index is 0. The number of benzene rings is 2. The molecule has 0 saturated heterocycles. The molecule has 0 aliphatic carbocycles. The molecular weight excluding hydrogens is 543 g/mol. The van der Waals surface area contributed by atoms with Gasteiger partial charge >= 0.3 is 0 Å². The van der Waals surface area contributed by atoms with Gasteiger partial charge in [-0.3, -0.25) is 0 Å². The summed E-state index contributed by atoms with van der Waals surface area (Å²) in [6.07, 6.45) is 1.76. The van der Waals surface area contributed by atoms with Crippen molar-refractivity contribution < 1.29 is 14.6 Å². The van der Waals surface area contributed by atoms with Crippen LogP contribution in [-0.4, -0.2) is 49.0 Å². The fraction of sp³-hybridized carbons (Fsp3) is 0.308. The van der Waals surface area contributed by atoms with Crippen LogP contribution >= 0.6 is 24.0 Å². The molecule has 0 radical (unpaired) electrons. The Morgan fingerprint density at radius 2 is 1.65 bits per heavy atom. The molecule has 34 heavy (non-hydrogen) atoms. The van der Waals surface area contributed by atoms with E-state index in [0.717, 1.165) is 23.4 Å². The van der Waals surface area contributed by atoms with Gasteiger partial charge in [-0.2, -0.15) is 0 Å². The van der Waals surface area contributed by atoms with Gasteiger partial charge in [0.05, 0.1) is 13.2 Å². The summed E-state index contributed by atoms with van der Waals surface area (Å²) < 4.78 is 11.3. The zero-order chi connectivity index (χ0) is 23.1. The smallest absolute Gasteiger partial charge is 0.213 e. The maximum absolute atomic E-state index is 9.76. The molecule has 0 spiro atoms.